The molecule has 0 fully saturated rings. The van der Waals surface area contributed by atoms with Gasteiger partial charge in [0.15, 0.2) is 6.61 Å². The lowest BCUT2D eigenvalue weighted by atomic mass is 10.1. The molecule has 0 aliphatic carbocycles. The van der Waals surface area contributed by atoms with Gasteiger partial charge in [-0.05, 0) is 49.1 Å². The molecule has 0 aliphatic heterocycles. The molecule has 2 aromatic carbocycles. The third-order valence-corrected chi connectivity index (χ3v) is 5.39. The molecular weight excluding hydrogens is 364 g/mol. The summed E-state index contributed by atoms with van der Waals surface area (Å²) >= 11 is 0. The van der Waals surface area contributed by atoms with Crippen LogP contribution in [0, 0.1) is 6.92 Å². The lowest BCUT2D eigenvalue weighted by Crippen LogP contribution is -2.30. The summed E-state index contributed by atoms with van der Waals surface area (Å²) in [6, 6.07) is 14.5. The van der Waals surface area contributed by atoms with E-state index in [4.69, 9.17) is 4.74 Å². The van der Waals surface area contributed by atoms with Crippen molar-refractivity contribution in [1.29, 1.82) is 0 Å². The molecular formula is C20H26N2O4S. The Morgan fingerprint density at radius 2 is 1.81 bits per heavy atom. The molecule has 7 heteroatoms. The minimum Gasteiger partial charge on any atom is -0.484 e. The molecule has 1 amide bonds. The Bertz CT molecular complexity index is 852. The molecule has 0 saturated heterocycles. The third-order valence-electron chi connectivity index (χ3n) is 3.94. The summed E-state index contributed by atoms with van der Waals surface area (Å²) in [6.07, 6.45) is 1.47. The molecule has 0 bridgehead atoms. The predicted octanol–water partition coefficient (Wildman–Crippen LogP) is 2.42. The first-order valence-corrected chi connectivity index (χ1v) is 10.4. The van der Waals surface area contributed by atoms with E-state index in [0.717, 1.165) is 18.4 Å². The molecule has 2 rings (SSSR count). The Morgan fingerprint density at radius 1 is 1.07 bits per heavy atom. The summed E-state index contributed by atoms with van der Waals surface area (Å²) in [5, 5.41) is 2.81. The summed E-state index contributed by atoms with van der Waals surface area (Å²) < 4.78 is 32.3. The van der Waals surface area contributed by atoms with Gasteiger partial charge in [-0.3, -0.25) is 4.79 Å². The SMILES string of the molecule is CCCNS(=O)(=O)c1ccc(OCC(=O)NCCc2ccccc2)c(C)c1. The van der Waals surface area contributed by atoms with Crippen LogP contribution in [0.3, 0.4) is 0 Å². The van der Waals surface area contributed by atoms with Crippen molar-refractivity contribution >= 4 is 15.9 Å². The molecule has 2 N–H and O–H groups in total. The second-order valence-corrected chi connectivity index (χ2v) is 7.97. The van der Waals surface area contributed by atoms with Gasteiger partial charge in [-0.1, -0.05) is 37.3 Å². The molecule has 6 nitrogen and oxygen atoms in total. The average Bonchev–Trinajstić information content (AvgIpc) is 2.66. The van der Waals surface area contributed by atoms with Crippen LogP contribution < -0.4 is 14.8 Å². The van der Waals surface area contributed by atoms with E-state index < -0.39 is 10.0 Å². The Labute approximate surface area is 161 Å². The Kier molecular flexibility index (Phi) is 7.82. The highest BCUT2D eigenvalue weighted by Crippen LogP contribution is 2.21. The molecule has 0 saturated carbocycles. The zero-order valence-electron chi connectivity index (χ0n) is 15.7. The number of sulfonamides is 1. The minimum absolute atomic E-state index is 0.115. The second-order valence-electron chi connectivity index (χ2n) is 6.20. The molecule has 0 unspecified atom stereocenters. The number of aryl methyl sites for hydroxylation is 1. The van der Waals surface area contributed by atoms with Crippen LogP contribution in [-0.4, -0.2) is 34.0 Å². The summed E-state index contributed by atoms with van der Waals surface area (Å²) in [5.74, 6) is 0.272. The van der Waals surface area contributed by atoms with Gasteiger partial charge >= 0.3 is 0 Å². The van der Waals surface area contributed by atoms with Crippen molar-refractivity contribution in [3.05, 3.63) is 59.7 Å². The molecule has 0 aromatic heterocycles. The first-order chi connectivity index (χ1) is 12.9. The van der Waals surface area contributed by atoms with Crippen molar-refractivity contribution in [1.82, 2.24) is 10.0 Å². The number of carbonyl (C=O) groups is 1. The average molecular weight is 391 g/mol. The maximum Gasteiger partial charge on any atom is 0.257 e. The van der Waals surface area contributed by atoms with Crippen LogP contribution in [-0.2, 0) is 21.2 Å². The van der Waals surface area contributed by atoms with Crippen molar-refractivity contribution in [2.24, 2.45) is 0 Å². The maximum absolute atomic E-state index is 12.1. The highest BCUT2D eigenvalue weighted by molar-refractivity contribution is 7.89. The highest BCUT2D eigenvalue weighted by atomic mass is 32.2. The maximum atomic E-state index is 12.1. The summed E-state index contributed by atoms with van der Waals surface area (Å²) in [4.78, 5) is 12.1. The Hall–Kier alpha value is -2.38. The molecule has 2 aromatic rings. The van der Waals surface area contributed by atoms with Gasteiger partial charge < -0.3 is 10.1 Å². The van der Waals surface area contributed by atoms with E-state index >= 15 is 0 Å². The summed E-state index contributed by atoms with van der Waals surface area (Å²) in [6.45, 7) is 4.46. The number of carbonyl (C=O) groups excluding carboxylic acids is 1. The predicted molar refractivity (Wildman–Crippen MR) is 105 cm³/mol. The van der Waals surface area contributed by atoms with Gasteiger partial charge in [-0.15, -0.1) is 0 Å². The molecule has 0 atom stereocenters. The van der Waals surface area contributed by atoms with Crippen molar-refractivity contribution in [3.63, 3.8) is 0 Å². The van der Waals surface area contributed by atoms with Gasteiger partial charge in [0, 0.05) is 13.1 Å². The fraction of sp³-hybridized carbons (Fsp3) is 0.350. The van der Waals surface area contributed by atoms with Crippen molar-refractivity contribution in [2.75, 3.05) is 19.7 Å². The van der Waals surface area contributed by atoms with Crippen LogP contribution in [0.5, 0.6) is 5.75 Å². The third kappa shape index (κ3) is 6.69. The topological polar surface area (TPSA) is 84.5 Å². The zero-order valence-corrected chi connectivity index (χ0v) is 16.5. The van der Waals surface area contributed by atoms with Crippen LogP contribution in [0.25, 0.3) is 0 Å². The molecule has 0 heterocycles. The lowest BCUT2D eigenvalue weighted by Gasteiger charge is -2.12. The number of rotatable bonds is 10. The number of benzene rings is 2. The Morgan fingerprint density at radius 3 is 2.48 bits per heavy atom. The van der Waals surface area contributed by atoms with E-state index in [1.807, 2.05) is 37.3 Å². The quantitative estimate of drug-likeness (QED) is 0.653. The number of ether oxygens (including phenoxy) is 1. The van der Waals surface area contributed by atoms with E-state index in [-0.39, 0.29) is 17.4 Å². The van der Waals surface area contributed by atoms with Gasteiger partial charge in [-0.25, -0.2) is 13.1 Å². The fourth-order valence-corrected chi connectivity index (χ4v) is 3.67. The van der Waals surface area contributed by atoms with E-state index in [2.05, 4.69) is 10.0 Å². The molecule has 27 heavy (non-hydrogen) atoms. The van der Waals surface area contributed by atoms with Crippen LogP contribution >= 0.6 is 0 Å². The largest absolute Gasteiger partial charge is 0.484 e. The standard InChI is InChI=1S/C20H26N2O4S/c1-3-12-22-27(24,25)18-9-10-19(16(2)14-18)26-15-20(23)21-13-11-17-7-5-4-6-8-17/h4-10,14,22H,3,11-13,15H2,1-2H3,(H,21,23). The van der Waals surface area contributed by atoms with Crippen LogP contribution in [0.4, 0.5) is 0 Å². The molecule has 0 radical (unpaired) electrons. The van der Waals surface area contributed by atoms with Crippen molar-refractivity contribution < 1.29 is 17.9 Å². The van der Waals surface area contributed by atoms with Crippen molar-refractivity contribution in [2.45, 2.75) is 31.6 Å². The van der Waals surface area contributed by atoms with E-state index in [0.29, 0.717) is 24.4 Å². The summed E-state index contributed by atoms with van der Waals surface area (Å²) in [7, 11) is -3.52. The van der Waals surface area contributed by atoms with Gasteiger partial charge in [0.1, 0.15) is 5.75 Å². The fourth-order valence-electron chi connectivity index (χ4n) is 2.46. The van der Waals surface area contributed by atoms with Crippen LogP contribution in [0.2, 0.25) is 0 Å². The first-order valence-electron chi connectivity index (χ1n) is 8.96. The van der Waals surface area contributed by atoms with Crippen LogP contribution in [0.1, 0.15) is 24.5 Å². The Balaban J connectivity index is 1.84. The number of nitrogens with one attached hydrogen (secondary N) is 2. The number of hydrogen-bond acceptors (Lipinski definition) is 4. The summed E-state index contributed by atoms with van der Waals surface area (Å²) in [5.41, 5.74) is 1.81. The van der Waals surface area contributed by atoms with Gasteiger partial charge in [0.2, 0.25) is 10.0 Å². The molecule has 0 aliphatic rings. The minimum atomic E-state index is -3.52. The van der Waals surface area contributed by atoms with E-state index in [1.165, 1.54) is 6.07 Å². The smallest absolute Gasteiger partial charge is 0.257 e. The zero-order chi connectivity index (χ0) is 19.7. The first kappa shape index (κ1) is 20.9. The molecule has 146 valence electrons. The van der Waals surface area contributed by atoms with E-state index in [1.54, 1.807) is 19.1 Å². The number of hydrogen-bond donors (Lipinski definition) is 2. The lowest BCUT2D eigenvalue weighted by molar-refractivity contribution is -0.123. The second kappa shape index (κ2) is 10.1. The van der Waals surface area contributed by atoms with Gasteiger partial charge in [0.25, 0.3) is 5.91 Å². The normalized spacial score (nSPS) is 11.2. The van der Waals surface area contributed by atoms with Gasteiger partial charge in [0.05, 0.1) is 4.90 Å². The monoisotopic (exact) mass is 390 g/mol. The van der Waals surface area contributed by atoms with E-state index in [9.17, 15) is 13.2 Å². The highest BCUT2D eigenvalue weighted by Gasteiger charge is 2.15. The van der Waals surface area contributed by atoms with Gasteiger partial charge in [-0.2, -0.15) is 0 Å². The molecule has 0 spiro atoms. The van der Waals surface area contributed by atoms with Crippen LogP contribution in [0.15, 0.2) is 53.4 Å². The number of amides is 1. The van der Waals surface area contributed by atoms with Crippen molar-refractivity contribution in [3.8, 4) is 5.75 Å².